The van der Waals surface area contributed by atoms with Gasteiger partial charge in [0.15, 0.2) is 0 Å². The van der Waals surface area contributed by atoms with E-state index in [4.69, 9.17) is 0 Å². The molecule has 3 heteroatoms. The molecule has 74 valence electrons. The molecule has 0 saturated carbocycles. The van der Waals surface area contributed by atoms with E-state index >= 15 is 0 Å². The zero-order valence-electron chi connectivity index (χ0n) is 8.80. The quantitative estimate of drug-likeness (QED) is 0.747. The summed E-state index contributed by atoms with van der Waals surface area (Å²) < 4.78 is 2.12. The second kappa shape index (κ2) is 5.02. The first-order valence-electron chi connectivity index (χ1n) is 5.01. The first-order valence-corrected chi connectivity index (χ1v) is 5.01. The van der Waals surface area contributed by atoms with E-state index in [0.29, 0.717) is 0 Å². The Balaban J connectivity index is 2.82. The molecule has 0 aliphatic carbocycles. The Hall–Kier alpha value is -0.830. The minimum atomic E-state index is 0.923. The van der Waals surface area contributed by atoms with Crippen molar-refractivity contribution in [2.75, 3.05) is 7.05 Å². The van der Waals surface area contributed by atoms with Crippen molar-refractivity contribution in [3.63, 3.8) is 0 Å². The molecule has 0 aliphatic heterocycles. The van der Waals surface area contributed by atoms with Gasteiger partial charge in [-0.05, 0) is 19.9 Å². The van der Waals surface area contributed by atoms with Crippen LogP contribution in [0.4, 0.5) is 0 Å². The first kappa shape index (κ1) is 10.3. The molecule has 1 heterocycles. The van der Waals surface area contributed by atoms with E-state index in [9.17, 15) is 0 Å². The topological polar surface area (TPSA) is 29.9 Å². The summed E-state index contributed by atoms with van der Waals surface area (Å²) in [4.78, 5) is 0. The monoisotopic (exact) mass is 181 g/mol. The van der Waals surface area contributed by atoms with E-state index in [0.717, 1.165) is 25.9 Å². The van der Waals surface area contributed by atoms with Crippen molar-refractivity contribution >= 4 is 0 Å². The van der Waals surface area contributed by atoms with Gasteiger partial charge in [0.1, 0.15) is 0 Å². The van der Waals surface area contributed by atoms with Gasteiger partial charge in [-0.15, -0.1) is 0 Å². The van der Waals surface area contributed by atoms with Gasteiger partial charge in [-0.2, -0.15) is 5.10 Å². The second-order valence-corrected chi connectivity index (χ2v) is 3.22. The molecule has 13 heavy (non-hydrogen) atoms. The lowest BCUT2D eigenvalue weighted by atomic mass is 10.2. The van der Waals surface area contributed by atoms with E-state index in [1.165, 1.54) is 11.3 Å². The average Bonchev–Trinajstić information content (AvgIpc) is 2.49. The number of rotatable bonds is 5. The molecule has 3 nitrogen and oxygen atoms in total. The highest BCUT2D eigenvalue weighted by atomic mass is 15.3. The summed E-state index contributed by atoms with van der Waals surface area (Å²) in [5, 5.41) is 7.53. The first-order chi connectivity index (χ1) is 6.33. The van der Waals surface area contributed by atoms with Gasteiger partial charge in [0.2, 0.25) is 0 Å². The van der Waals surface area contributed by atoms with E-state index in [2.05, 4.69) is 28.9 Å². The van der Waals surface area contributed by atoms with Gasteiger partial charge in [0.25, 0.3) is 0 Å². The van der Waals surface area contributed by atoms with Crippen molar-refractivity contribution in [1.29, 1.82) is 0 Å². The fourth-order valence-electron chi connectivity index (χ4n) is 1.60. The van der Waals surface area contributed by atoms with Crippen molar-refractivity contribution in [2.45, 2.75) is 39.8 Å². The average molecular weight is 181 g/mol. The van der Waals surface area contributed by atoms with E-state index in [1.807, 2.05) is 13.2 Å². The van der Waals surface area contributed by atoms with Crippen LogP contribution in [-0.2, 0) is 19.5 Å². The van der Waals surface area contributed by atoms with Crippen LogP contribution in [0.2, 0.25) is 0 Å². The zero-order chi connectivity index (χ0) is 9.68. The lowest BCUT2D eigenvalue weighted by molar-refractivity contribution is 0.575. The largest absolute Gasteiger partial charge is 0.316 e. The van der Waals surface area contributed by atoms with Crippen LogP contribution in [0.3, 0.4) is 0 Å². The third-order valence-electron chi connectivity index (χ3n) is 2.17. The molecule has 1 aromatic rings. The van der Waals surface area contributed by atoms with Crippen LogP contribution in [-0.4, -0.2) is 16.8 Å². The molecule has 0 spiro atoms. The van der Waals surface area contributed by atoms with Crippen LogP contribution in [0, 0.1) is 0 Å². The third kappa shape index (κ3) is 2.31. The normalized spacial score (nSPS) is 10.7. The minimum Gasteiger partial charge on any atom is -0.316 e. The van der Waals surface area contributed by atoms with E-state index < -0.39 is 0 Å². The zero-order valence-corrected chi connectivity index (χ0v) is 8.80. The van der Waals surface area contributed by atoms with Crippen LogP contribution in [0.25, 0.3) is 0 Å². The Labute approximate surface area is 80.1 Å². The molecular formula is C10H19N3. The summed E-state index contributed by atoms with van der Waals surface area (Å²) in [5.41, 5.74) is 2.70. The van der Waals surface area contributed by atoms with Crippen LogP contribution in [0.5, 0.6) is 0 Å². The van der Waals surface area contributed by atoms with Gasteiger partial charge in [-0.1, -0.05) is 13.8 Å². The summed E-state index contributed by atoms with van der Waals surface area (Å²) in [6.45, 7) is 6.32. The van der Waals surface area contributed by atoms with Gasteiger partial charge in [0.05, 0.1) is 6.20 Å². The predicted octanol–water partition coefficient (Wildman–Crippen LogP) is 1.57. The molecule has 0 aliphatic rings. The minimum absolute atomic E-state index is 0.923. The number of hydrogen-bond donors (Lipinski definition) is 1. The Kier molecular flexibility index (Phi) is 3.96. The van der Waals surface area contributed by atoms with Crippen LogP contribution >= 0.6 is 0 Å². The molecule has 1 rings (SSSR count). The summed E-state index contributed by atoms with van der Waals surface area (Å²) >= 11 is 0. The molecule has 0 fully saturated rings. The summed E-state index contributed by atoms with van der Waals surface area (Å²) in [5.74, 6) is 0. The fraction of sp³-hybridized carbons (Fsp3) is 0.700. The third-order valence-corrected chi connectivity index (χ3v) is 2.17. The Morgan fingerprint density at radius 1 is 1.46 bits per heavy atom. The lowest BCUT2D eigenvalue weighted by Crippen LogP contribution is -2.09. The summed E-state index contributed by atoms with van der Waals surface area (Å²) in [6, 6.07) is 0. The lowest BCUT2D eigenvalue weighted by Gasteiger charge is -2.05. The van der Waals surface area contributed by atoms with Crippen molar-refractivity contribution < 1.29 is 0 Å². The summed E-state index contributed by atoms with van der Waals surface area (Å²) in [7, 11) is 1.97. The molecule has 0 unspecified atom stereocenters. The van der Waals surface area contributed by atoms with Crippen molar-refractivity contribution in [3.05, 3.63) is 17.5 Å². The second-order valence-electron chi connectivity index (χ2n) is 3.22. The Bertz CT molecular complexity index is 229. The summed E-state index contributed by atoms with van der Waals surface area (Å²) in [6.07, 6.45) is 4.19. The number of aryl methyl sites for hydroxylation is 1. The molecule has 0 radical (unpaired) electrons. The van der Waals surface area contributed by atoms with Crippen LogP contribution in [0.15, 0.2) is 6.20 Å². The van der Waals surface area contributed by atoms with Crippen LogP contribution in [0.1, 0.15) is 31.5 Å². The van der Waals surface area contributed by atoms with Gasteiger partial charge in [0, 0.05) is 24.3 Å². The highest BCUT2D eigenvalue weighted by Crippen LogP contribution is 2.09. The highest BCUT2D eigenvalue weighted by Gasteiger charge is 2.06. The molecule has 0 saturated heterocycles. The van der Waals surface area contributed by atoms with Gasteiger partial charge in [-0.3, -0.25) is 4.68 Å². The molecule has 0 atom stereocenters. The van der Waals surface area contributed by atoms with Gasteiger partial charge >= 0.3 is 0 Å². The maximum absolute atomic E-state index is 4.37. The number of aromatic nitrogens is 2. The van der Waals surface area contributed by atoms with E-state index in [-0.39, 0.29) is 0 Å². The Morgan fingerprint density at radius 2 is 2.23 bits per heavy atom. The van der Waals surface area contributed by atoms with Crippen LogP contribution < -0.4 is 5.32 Å². The molecule has 0 bridgehead atoms. The molecular weight excluding hydrogens is 162 g/mol. The smallest absolute Gasteiger partial charge is 0.0537 e. The van der Waals surface area contributed by atoms with Crippen molar-refractivity contribution in [3.8, 4) is 0 Å². The number of nitrogens with one attached hydrogen (secondary N) is 1. The molecule has 0 aromatic carbocycles. The maximum Gasteiger partial charge on any atom is 0.0537 e. The van der Waals surface area contributed by atoms with E-state index in [1.54, 1.807) is 0 Å². The number of nitrogens with zero attached hydrogens (tertiary/aromatic N) is 2. The molecule has 1 aromatic heterocycles. The van der Waals surface area contributed by atoms with Gasteiger partial charge < -0.3 is 5.32 Å². The molecule has 0 amide bonds. The predicted molar refractivity (Wildman–Crippen MR) is 54.7 cm³/mol. The maximum atomic E-state index is 4.37. The molecule has 1 N–H and O–H groups in total. The number of hydrogen-bond acceptors (Lipinski definition) is 2. The Morgan fingerprint density at radius 3 is 2.77 bits per heavy atom. The highest BCUT2D eigenvalue weighted by molar-refractivity contribution is 5.17. The standard InChI is InChI=1S/C10H19N3/c1-4-6-13-10(5-2)9(7-11-3)8-12-13/h8,11H,4-7H2,1-3H3. The van der Waals surface area contributed by atoms with Gasteiger partial charge in [-0.25, -0.2) is 0 Å². The van der Waals surface area contributed by atoms with Crippen molar-refractivity contribution in [2.24, 2.45) is 0 Å². The van der Waals surface area contributed by atoms with Crippen molar-refractivity contribution in [1.82, 2.24) is 15.1 Å². The fourth-order valence-corrected chi connectivity index (χ4v) is 1.60. The SMILES string of the molecule is CCCn1ncc(CNC)c1CC.